The molecule has 28 heavy (non-hydrogen) atoms. The summed E-state index contributed by atoms with van der Waals surface area (Å²) in [5.41, 5.74) is 2.74. The molecule has 0 spiro atoms. The van der Waals surface area contributed by atoms with Crippen LogP contribution in [0.4, 0.5) is 5.69 Å². The third kappa shape index (κ3) is 6.97. The van der Waals surface area contributed by atoms with Crippen molar-refractivity contribution < 1.29 is 14.3 Å². The van der Waals surface area contributed by atoms with E-state index in [0.717, 1.165) is 21.8 Å². The number of hydrogen-bond acceptors (Lipinski definition) is 4. The minimum absolute atomic E-state index is 0.0587. The van der Waals surface area contributed by atoms with Gasteiger partial charge in [-0.15, -0.1) is 0 Å². The van der Waals surface area contributed by atoms with Gasteiger partial charge in [0.2, 0.25) is 0 Å². The summed E-state index contributed by atoms with van der Waals surface area (Å²) in [6.07, 6.45) is 0. The summed E-state index contributed by atoms with van der Waals surface area (Å²) in [5, 5.41) is 6.96. The number of nitrogens with one attached hydrogen (secondary N) is 2. The molecule has 2 aromatic rings. The summed E-state index contributed by atoms with van der Waals surface area (Å²) >= 11 is 6.17. The first-order chi connectivity index (χ1) is 13.2. The largest absolute Gasteiger partial charge is 0.490 e. The van der Waals surface area contributed by atoms with Crippen molar-refractivity contribution in [1.29, 1.82) is 0 Å². The van der Waals surface area contributed by atoms with E-state index in [4.69, 9.17) is 21.1 Å². The molecule has 2 rings (SSSR count). The van der Waals surface area contributed by atoms with Crippen LogP contribution in [0.3, 0.4) is 0 Å². The Morgan fingerprint density at radius 1 is 1.07 bits per heavy atom. The molecule has 0 atom stereocenters. The molecule has 0 aliphatic rings. The molecule has 0 saturated carbocycles. The Kier molecular flexibility index (Phi) is 7.58. The second-order valence-corrected chi connectivity index (χ2v) is 8.03. The molecule has 2 N–H and O–H groups in total. The number of hydrogen-bond donors (Lipinski definition) is 2. The van der Waals surface area contributed by atoms with Crippen molar-refractivity contribution in [3.05, 3.63) is 52.5 Å². The lowest BCUT2D eigenvalue weighted by Gasteiger charge is -2.21. The van der Waals surface area contributed by atoms with Crippen LogP contribution in [0, 0.1) is 6.92 Å². The zero-order valence-electron chi connectivity index (χ0n) is 17.2. The lowest BCUT2D eigenvalue weighted by molar-refractivity contribution is -0.124. The smallest absolute Gasteiger partial charge is 0.258 e. The van der Waals surface area contributed by atoms with Gasteiger partial charge in [0.05, 0.1) is 6.61 Å². The molecule has 152 valence electrons. The zero-order chi connectivity index (χ0) is 20.7. The minimum atomic E-state index is -0.294. The zero-order valence-corrected chi connectivity index (χ0v) is 17.9. The molecule has 0 heterocycles. The highest BCUT2D eigenvalue weighted by atomic mass is 35.5. The summed E-state index contributed by atoms with van der Waals surface area (Å²) in [5.74, 6) is 0.997. The summed E-state index contributed by atoms with van der Waals surface area (Å²) in [4.78, 5) is 12.0. The van der Waals surface area contributed by atoms with E-state index in [0.29, 0.717) is 24.7 Å². The second kappa shape index (κ2) is 9.69. The summed E-state index contributed by atoms with van der Waals surface area (Å²) in [7, 11) is 0. The Balaban J connectivity index is 2.02. The number of rotatable bonds is 8. The van der Waals surface area contributed by atoms with Crippen molar-refractivity contribution in [3.8, 4) is 11.5 Å². The number of ether oxygens (including phenoxy) is 2. The molecule has 0 aromatic heterocycles. The van der Waals surface area contributed by atoms with Gasteiger partial charge < -0.3 is 20.1 Å². The van der Waals surface area contributed by atoms with Crippen LogP contribution in [0.2, 0.25) is 5.02 Å². The van der Waals surface area contributed by atoms with Crippen molar-refractivity contribution in [1.82, 2.24) is 5.32 Å². The van der Waals surface area contributed by atoms with E-state index in [2.05, 4.69) is 10.6 Å². The second-order valence-electron chi connectivity index (χ2n) is 7.62. The van der Waals surface area contributed by atoms with Crippen LogP contribution in [0.1, 0.15) is 38.8 Å². The van der Waals surface area contributed by atoms with Gasteiger partial charge in [-0.05, 0) is 70.0 Å². The van der Waals surface area contributed by atoms with E-state index in [9.17, 15) is 4.79 Å². The fourth-order valence-electron chi connectivity index (χ4n) is 2.55. The molecule has 0 radical (unpaired) electrons. The maximum atomic E-state index is 12.0. The molecule has 1 amide bonds. The quantitative estimate of drug-likeness (QED) is 0.653. The van der Waals surface area contributed by atoms with E-state index in [-0.39, 0.29) is 18.1 Å². The van der Waals surface area contributed by atoms with Crippen LogP contribution >= 0.6 is 11.6 Å². The standard InChI is InChI=1S/C22H29ClN2O3/c1-6-27-20-11-16(13-24-17-9-7-15(2)18(23)12-17)8-10-19(20)28-14-21(26)25-22(3,4)5/h7-12,24H,6,13-14H2,1-5H3,(H,25,26). The first kappa shape index (κ1) is 21.9. The van der Waals surface area contributed by atoms with Gasteiger partial charge in [0, 0.05) is 22.8 Å². The molecule has 0 bridgehead atoms. The number of aryl methyl sites for hydroxylation is 1. The predicted molar refractivity (Wildman–Crippen MR) is 115 cm³/mol. The van der Waals surface area contributed by atoms with Crippen molar-refractivity contribution in [2.45, 2.75) is 46.7 Å². The molecule has 0 unspecified atom stereocenters. The minimum Gasteiger partial charge on any atom is -0.490 e. The average molecular weight is 405 g/mol. The van der Waals surface area contributed by atoms with Crippen molar-refractivity contribution in [3.63, 3.8) is 0 Å². The van der Waals surface area contributed by atoms with Gasteiger partial charge in [0.1, 0.15) is 0 Å². The number of benzene rings is 2. The highest BCUT2D eigenvalue weighted by molar-refractivity contribution is 6.31. The van der Waals surface area contributed by atoms with Crippen LogP contribution in [-0.2, 0) is 11.3 Å². The number of halogens is 1. The Bertz CT molecular complexity index is 816. The first-order valence-corrected chi connectivity index (χ1v) is 9.75. The first-order valence-electron chi connectivity index (χ1n) is 9.37. The number of amides is 1. The molecule has 0 aliphatic heterocycles. The van der Waals surface area contributed by atoms with Crippen LogP contribution in [-0.4, -0.2) is 24.7 Å². The summed E-state index contributed by atoms with van der Waals surface area (Å²) in [6, 6.07) is 11.6. The molecular weight excluding hydrogens is 376 g/mol. The Morgan fingerprint density at radius 2 is 1.82 bits per heavy atom. The Labute approximate surface area is 172 Å². The summed E-state index contributed by atoms with van der Waals surface area (Å²) in [6.45, 7) is 10.7. The highest BCUT2D eigenvalue weighted by Gasteiger charge is 2.15. The maximum Gasteiger partial charge on any atom is 0.258 e. The van der Waals surface area contributed by atoms with Crippen molar-refractivity contribution in [2.24, 2.45) is 0 Å². The van der Waals surface area contributed by atoms with Crippen molar-refractivity contribution in [2.75, 3.05) is 18.5 Å². The molecule has 0 saturated heterocycles. The lowest BCUT2D eigenvalue weighted by Crippen LogP contribution is -2.43. The fraction of sp³-hybridized carbons (Fsp3) is 0.409. The number of carbonyl (C=O) groups is 1. The molecule has 2 aromatic carbocycles. The van der Waals surface area contributed by atoms with Gasteiger partial charge in [-0.25, -0.2) is 0 Å². The van der Waals surface area contributed by atoms with E-state index in [1.54, 1.807) is 0 Å². The number of anilines is 1. The summed E-state index contributed by atoms with van der Waals surface area (Å²) < 4.78 is 11.4. The van der Waals surface area contributed by atoms with E-state index in [1.165, 1.54) is 0 Å². The van der Waals surface area contributed by atoms with E-state index < -0.39 is 0 Å². The van der Waals surface area contributed by atoms with Gasteiger partial charge in [-0.3, -0.25) is 4.79 Å². The Morgan fingerprint density at radius 3 is 2.46 bits per heavy atom. The lowest BCUT2D eigenvalue weighted by atomic mass is 10.1. The van der Waals surface area contributed by atoms with Crippen LogP contribution in [0.25, 0.3) is 0 Å². The maximum absolute atomic E-state index is 12.0. The Hall–Kier alpha value is -2.40. The molecular formula is C22H29ClN2O3. The van der Waals surface area contributed by atoms with Crippen molar-refractivity contribution >= 4 is 23.2 Å². The van der Waals surface area contributed by atoms with Gasteiger partial charge in [-0.2, -0.15) is 0 Å². The normalized spacial score (nSPS) is 11.1. The highest BCUT2D eigenvalue weighted by Crippen LogP contribution is 2.29. The third-order valence-electron chi connectivity index (χ3n) is 3.85. The van der Waals surface area contributed by atoms with E-state index in [1.807, 2.05) is 71.0 Å². The third-order valence-corrected chi connectivity index (χ3v) is 4.26. The molecule has 0 aliphatic carbocycles. The van der Waals surface area contributed by atoms with Gasteiger partial charge >= 0.3 is 0 Å². The number of carbonyl (C=O) groups excluding carboxylic acids is 1. The van der Waals surface area contributed by atoms with Crippen LogP contribution in [0.5, 0.6) is 11.5 Å². The molecule has 0 fully saturated rings. The SMILES string of the molecule is CCOc1cc(CNc2ccc(C)c(Cl)c2)ccc1OCC(=O)NC(C)(C)C. The van der Waals surface area contributed by atoms with E-state index >= 15 is 0 Å². The molecule has 6 heteroatoms. The monoisotopic (exact) mass is 404 g/mol. The van der Waals surface area contributed by atoms with Gasteiger partial charge in [0.15, 0.2) is 18.1 Å². The average Bonchev–Trinajstić information content (AvgIpc) is 2.61. The van der Waals surface area contributed by atoms with Crippen LogP contribution < -0.4 is 20.1 Å². The van der Waals surface area contributed by atoms with Crippen LogP contribution in [0.15, 0.2) is 36.4 Å². The topological polar surface area (TPSA) is 59.6 Å². The fourth-order valence-corrected chi connectivity index (χ4v) is 2.74. The van der Waals surface area contributed by atoms with Gasteiger partial charge in [0.25, 0.3) is 5.91 Å². The molecule has 5 nitrogen and oxygen atoms in total. The predicted octanol–water partition coefficient (Wildman–Crippen LogP) is 4.95. The van der Waals surface area contributed by atoms with Gasteiger partial charge in [-0.1, -0.05) is 23.7 Å².